The van der Waals surface area contributed by atoms with Crippen LogP contribution in [0.1, 0.15) is 10.6 Å². The third-order valence-electron chi connectivity index (χ3n) is 3.73. The van der Waals surface area contributed by atoms with E-state index >= 15 is 0 Å². The number of carbonyl (C=O) groups is 1. The second-order valence-corrected chi connectivity index (χ2v) is 6.41. The lowest BCUT2D eigenvalue weighted by molar-refractivity contribution is -0.127. The zero-order valence-electron chi connectivity index (χ0n) is 12.5. The predicted molar refractivity (Wildman–Crippen MR) is 86.4 cm³/mol. The molecule has 0 spiro atoms. The van der Waals surface area contributed by atoms with E-state index in [1.54, 1.807) is 24.5 Å². The maximum Gasteiger partial charge on any atom is 0.246 e. The van der Waals surface area contributed by atoms with Gasteiger partial charge in [0.2, 0.25) is 5.91 Å². The number of ether oxygens (including phenoxy) is 1. The van der Waals surface area contributed by atoms with E-state index in [9.17, 15) is 4.79 Å². The van der Waals surface area contributed by atoms with Gasteiger partial charge in [0.1, 0.15) is 0 Å². The highest BCUT2D eigenvalue weighted by molar-refractivity contribution is 7.10. The lowest BCUT2D eigenvalue weighted by atomic mass is 10.1. The van der Waals surface area contributed by atoms with Crippen LogP contribution in [0.4, 0.5) is 0 Å². The van der Waals surface area contributed by atoms with E-state index in [4.69, 9.17) is 4.74 Å². The van der Waals surface area contributed by atoms with Gasteiger partial charge in [-0.1, -0.05) is 6.07 Å². The quantitative estimate of drug-likeness (QED) is 0.813. The van der Waals surface area contributed by atoms with Crippen LogP contribution in [0.5, 0.6) is 0 Å². The number of imidazole rings is 1. The van der Waals surface area contributed by atoms with E-state index in [-0.39, 0.29) is 11.8 Å². The molecule has 0 fully saturated rings. The minimum absolute atomic E-state index is 0.0316. The number of hydrogen-bond donors (Lipinski definition) is 0. The molecule has 6 heteroatoms. The Morgan fingerprint density at radius 1 is 1.55 bits per heavy atom. The number of hydrogen-bond acceptors (Lipinski definition) is 4. The summed E-state index contributed by atoms with van der Waals surface area (Å²) in [4.78, 5) is 19.6. The molecule has 1 atom stereocenters. The van der Waals surface area contributed by atoms with Crippen molar-refractivity contribution >= 4 is 23.3 Å². The molecule has 1 amide bonds. The molecule has 2 aromatic rings. The molecule has 5 nitrogen and oxygen atoms in total. The van der Waals surface area contributed by atoms with Crippen molar-refractivity contribution in [3.63, 3.8) is 0 Å². The van der Waals surface area contributed by atoms with E-state index in [0.29, 0.717) is 19.7 Å². The number of nitrogens with zero attached hydrogens (tertiary/aromatic N) is 3. The molecule has 1 unspecified atom stereocenters. The van der Waals surface area contributed by atoms with Crippen molar-refractivity contribution in [3.05, 3.63) is 46.7 Å². The smallest absolute Gasteiger partial charge is 0.246 e. The van der Waals surface area contributed by atoms with Gasteiger partial charge in [-0.15, -0.1) is 11.3 Å². The van der Waals surface area contributed by atoms with Crippen LogP contribution in [0.15, 0.2) is 36.1 Å². The Labute approximate surface area is 133 Å². The Balaban J connectivity index is 1.75. The van der Waals surface area contributed by atoms with Crippen LogP contribution in [0.2, 0.25) is 0 Å². The highest BCUT2D eigenvalue weighted by Crippen LogP contribution is 2.17. The first-order valence-corrected chi connectivity index (χ1v) is 8.12. The lowest BCUT2D eigenvalue weighted by Crippen LogP contribution is -2.34. The molecular formula is C16H19N3O2S. The molecule has 3 rings (SSSR count). The highest BCUT2D eigenvalue weighted by atomic mass is 32.1. The van der Waals surface area contributed by atoms with Gasteiger partial charge in [-0.3, -0.25) is 4.79 Å². The van der Waals surface area contributed by atoms with E-state index in [0.717, 1.165) is 17.1 Å². The molecule has 1 aliphatic rings. The molecule has 0 saturated carbocycles. The molecule has 2 aromatic heterocycles. The van der Waals surface area contributed by atoms with Gasteiger partial charge in [0.05, 0.1) is 25.2 Å². The predicted octanol–water partition coefficient (Wildman–Crippen LogP) is 2.26. The van der Waals surface area contributed by atoms with Crippen LogP contribution in [0, 0.1) is 5.92 Å². The average molecular weight is 317 g/mol. The van der Waals surface area contributed by atoms with Crippen molar-refractivity contribution < 1.29 is 9.53 Å². The minimum atomic E-state index is 0.0316. The monoisotopic (exact) mass is 317 g/mol. The summed E-state index contributed by atoms with van der Waals surface area (Å²) in [6, 6.07) is 3.98. The summed E-state index contributed by atoms with van der Waals surface area (Å²) < 4.78 is 7.40. The van der Waals surface area contributed by atoms with Crippen molar-refractivity contribution in [1.82, 2.24) is 14.5 Å². The molecule has 22 heavy (non-hydrogen) atoms. The van der Waals surface area contributed by atoms with Gasteiger partial charge < -0.3 is 14.2 Å². The zero-order chi connectivity index (χ0) is 15.4. The van der Waals surface area contributed by atoms with Crippen molar-refractivity contribution in [3.8, 4) is 0 Å². The fourth-order valence-electron chi connectivity index (χ4n) is 2.71. The zero-order valence-corrected chi connectivity index (χ0v) is 13.3. The van der Waals surface area contributed by atoms with Gasteiger partial charge >= 0.3 is 0 Å². The summed E-state index contributed by atoms with van der Waals surface area (Å²) >= 11 is 1.62. The first kappa shape index (κ1) is 15.0. The molecule has 0 saturated heterocycles. The Hall–Kier alpha value is -1.92. The maximum absolute atomic E-state index is 12.5. The van der Waals surface area contributed by atoms with Gasteiger partial charge in [-0.25, -0.2) is 4.98 Å². The SMILES string of the molecule is COCC1CN(C(=O)/C=C/c2cccs2)Cc2cncn2C1. The van der Waals surface area contributed by atoms with Gasteiger partial charge in [-0.05, 0) is 17.5 Å². The Kier molecular flexibility index (Phi) is 4.70. The van der Waals surface area contributed by atoms with Crippen molar-refractivity contribution in [2.24, 2.45) is 5.92 Å². The second-order valence-electron chi connectivity index (χ2n) is 5.43. The van der Waals surface area contributed by atoms with Gasteiger partial charge in [0.25, 0.3) is 0 Å². The molecule has 0 bridgehead atoms. The molecule has 116 valence electrons. The number of amides is 1. The number of aromatic nitrogens is 2. The number of carbonyl (C=O) groups excluding carboxylic acids is 1. The summed E-state index contributed by atoms with van der Waals surface area (Å²) in [7, 11) is 1.70. The summed E-state index contributed by atoms with van der Waals surface area (Å²) in [6.45, 7) is 2.76. The Morgan fingerprint density at radius 3 is 3.23 bits per heavy atom. The molecule has 3 heterocycles. The molecule has 0 aliphatic carbocycles. The van der Waals surface area contributed by atoms with Gasteiger partial charge in [0.15, 0.2) is 0 Å². The van der Waals surface area contributed by atoms with Crippen molar-refractivity contribution in [2.75, 3.05) is 20.3 Å². The lowest BCUT2D eigenvalue weighted by Gasteiger charge is -2.22. The minimum Gasteiger partial charge on any atom is -0.384 e. The van der Waals surface area contributed by atoms with Gasteiger partial charge in [-0.2, -0.15) is 0 Å². The average Bonchev–Trinajstić information content (AvgIpc) is 3.14. The topological polar surface area (TPSA) is 47.4 Å². The summed E-state index contributed by atoms with van der Waals surface area (Å²) in [5.41, 5.74) is 1.07. The van der Waals surface area contributed by atoms with Crippen LogP contribution < -0.4 is 0 Å². The fraction of sp³-hybridized carbons (Fsp3) is 0.375. The highest BCUT2D eigenvalue weighted by Gasteiger charge is 2.24. The van der Waals surface area contributed by atoms with Crippen LogP contribution in [-0.4, -0.2) is 40.6 Å². The standard InChI is InChI=1S/C16H19N3O2S/c1-21-11-13-8-18(10-14-7-17-12-19(14)9-13)16(20)5-4-15-3-2-6-22-15/h2-7,12-13H,8-11H2,1H3/b5-4+. The molecule has 1 aliphatic heterocycles. The van der Waals surface area contributed by atoms with Crippen LogP contribution in [0.25, 0.3) is 6.08 Å². The number of fused-ring (bicyclic) bond motifs is 1. The van der Waals surface area contributed by atoms with Crippen LogP contribution in [-0.2, 0) is 22.6 Å². The fourth-order valence-corrected chi connectivity index (χ4v) is 3.32. The maximum atomic E-state index is 12.5. The molecule has 0 N–H and O–H groups in total. The second kappa shape index (κ2) is 6.89. The Bertz CT molecular complexity index is 648. The summed E-state index contributed by atoms with van der Waals surface area (Å²) in [6.07, 6.45) is 7.19. The first-order valence-electron chi connectivity index (χ1n) is 7.24. The number of thiophene rings is 1. The third-order valence-corrected chi connectivity index (χ3v) is 4.57. The van der Waals surface area contributed by atoms with Crippen molar-refractivity contribution in [2.45, 2.75) is 13.1 Å². The molecule has 0 aromatic carbocycles. The largest absolute Gasteiger partial charge is 0.384 e. The van der Waals surface area contributed by atoms with E-state index in [1.165, 1.54) is 0 Å². The summed E-state index contributed by atoms with van der Waals surface area (Å²) in [5.74, 6) is 0.309. The Morgan fingerprint density at radius 2 is 2.45 bits per heavy atom. The molecular weight excluding hydrogens is 298 g/mol. The normalized spacial score (nSPS) is 18.4. The molecule has 0 radical (unpaired) electrons. The van der Waals surface area contributed by atoms with E-state index < -0.39 is 0 Å². The number of methoxy groups -OCH3 is 1. The van der Waals surface area contributed by atoms with Crippen LogP contribution >= 0.6 is 11.3 Å². The summed E-state index contributed by atoms with van der Waals surface area (Å²) in [5, 5.41) is 2.00. The number of rotatable bonds is 4. The van der Waals surface area contributed by atoms with Crippen molar-refractivity contribution in [1.29, 1.82) is 0 Å². The van der Waals surface area contributed by atoms with E-state index in [1.807, 2.05) is 41.0 Å². The van der Waals surface area contributed by atoms with E-state index in [2.05, 4.69) is 9.55 Å². The first-order chi connectivity index (χ1) is 10.8. The van der Waals surface area contributed by atoms with Crippen LogP contribution in [0.3, 0.4) is 0 Å². The third kappa shape index (κ3) is 3.45. The van der Waals surface area contributed by atoms with Gasteiger partial charge in [0, 0.05) is 43.3 Å².